The lowest BCUT2D eigenvalue weighted by molar-refractivity contribution is 0.0844. The summed E-state index contributed by atoms with van der Waals surface area (Å²) in [6, 6.07) is 0.832. The van der Waals surface area contributed by atoms with E-state index in [1.165, 1.54) is 77.5 Å². The van der Waals surface area contributed by atoms with Crippen molar-refractivity contribution in [2.45, 2.75) is 57.4 Å². The van der Waals surface area contributed by atoms with Crippen molar-refractivity contribution < 1.29 is 0 Å². The molecule has 3 fully saturated rings. The lowest BCUT2D eigenvalue weighted by Crippen LogP contribution is -2.43. The number of hydrogen-bond donors (Lipinski definition) is 1. The number of rotatable bonds is 3. The van der Waals surface area contributed by atoms with Gasteiger partial charge in [0.15, 0.2) is 0 Å². The Hall–Kier alpha value is -0.0800. The second kappa shape index (κ2) is 5.71. The molecule has 3 aliphatic rings. The van der Waals surface area contributed by atoms with E-state index >= 15 is 0 Å². The maximum atomic E-state index is 3.63. The second-order valence-corrected chi connectivity index (χ2v) is 6.48. The number of piperidine rings is 1. The minimum Gasteiger partial charge on any atom is -0.314 e. The molecule has 3 atom stereocenters. The van der Waals surface area contributed by atoms with Gasteiger partial charge in [-0.05, 0) is 63.6 Å². The van der Waals surface area contributed by atoms with E-state index in [1.54, 1.807) is 0 Å². The molecular formula is C15H28N2. The number of nitrogens with one attached hydrogen (secondary N) is 1. The van der Waals surface area contributed by atoms with Crippen molar-refractivity contribution in [1.29, 1.82) is 0 Å². The van der Waals surface area contributed by atoms with Gasteiger partial charge in [-0.2, -0.15) is 0 Å². The first-order chi connectivity index (χ1) is 8.42. The standard InChI is InChI=1S/C15H28N2/c1-2-5-14-12-17(10-7-13(14)4-1)11-8-15-6-3-9-16-15/h13-16H,1-12H2. The highest BCUT2D eigenvalue weighted by Crippen LogP contribution is 2.36. The molecule has 1 N–H and O–H groups in total. The van der Waals surface area contributed by atoms with Gasteiger partial charge in [0.1, 0.15) is 0 Å². The van der Waals surface area contributed by atoms with E-state index in [2.05, 4.69) is 10.2 Å². The molecular weight excluding hydrogens is 208 g/mol. The maximum Gasteiger partial charge on any atom is 0.00797 e. The van der Waals surface area contributed by atoms with Crippen molar-refractivity contribution in [2.24, 2.45) is 11.8 Å². The van der Waals surface area contributed by atoms with Crippen LogP contribution >= 0.6 is 0 Å². The smallest absolute Gasteiger partial charge is 0.00797 e. The average Bonchev–Trinajstić information content (AvgIpc) is 2.89. The second-order valence-electron chi connectivity index (χ2n) is 6.48. The van der Waals surface area contributed by atoms with Gasteiger partial charge in [0.05, 0.1) is 0 Å². The van der Waals surface area contributed by atoms with E-state index in [0.29, 0.717) is 0 Å². The molecule has 3 unspecified atom stereocenters. The van der Waals surface area contributed by atoms with Crippen LogP contribution in [0.1, 0.15) is 51.4 Å². The third-order valence-corrected chi connectivity index (χ3v) is 5.33. The topological polar surface area (TPSA) is 15.3 Å². The molecule has 17 heavy (non-hydrogen) atoms. The molecule has 1 saturated carbocycles. The van der Waals surface area contributed by atoms with E-state index in [1.807, 2.05) is 0 Å². The Labute approximate surface area is 106 Å². The third kappa shape index (κ3) is 3.03. The number of likely N-dealkylation sites (tertiary alicyclic amines) is 1. The summed E-state index contributed by atoms with van der Waals surface area (Å²) in [4.78, 5) is 2.76. The van der Waals surface area contributed by atoms with Crippen LogP contribution in [0.5, 0.6) is 0 Å². The molecule has 98 valence electrons. The quantitative estimate of drug-likeness (QED) is 0.810. The Morgan fingerprint density at radius 2 is 1.82 bits per heavy atom. The molecule has 2 aliphatic heterocycles. The SMILES string of the molecule is C1CNC(CCN2CCC3CCCCC3C2)C1. The van der Waals surface area contributed by atoms with Crippen LogP contribution in [0, 0.1) is 11.8 Å². The van der Waals surface area contributed by atoms with Crippen LogP contribution in [-0.2, 0) is 0 Å². The summed E-state index contributed by atoms with van der Waals surface area (Å²) in [5.74, 6) is 2.14. The van der Waals surface area contributed by atoms with E-state index in [0.717, 1.165) is 17.9 Å². The van der Waals surface area contributed by atoms with Crippen LogP contribution in [0.2, 0.25) is 0 Å². The molecule has 2 heteroatoms. The fraction of sp³-hybridized carbons (Fsp3) is 1.00. The normalized spacial score (nSPS) is 39.2. The summed E-state index contributed by atoms with van der Waals surface area (Å²) in [7, 11) is 0. The van der Waals surface area contributed by atoms with Gasteiger partial charge in [0.25, 0.3) is 0 Å². The first-order valence-corrected chi connectivity index (χ1v) is 7.87. The van der Waals surface area contributed by atoms with Gasteiger partial charge in [-0.15, -0.1) is 0 Å². The molecule has 1 aliphatic carbocycles. The fourth-order valence-electron chi connectivity index (χ4n) is 4.22. The Balaban J connectivity index is 1.42. The van der Waals surface area contributed by atoms with Crippen LogP contribution in [0.4, 0.5) is 0 Å². The van der Waals surface area contributed by atoms with E-state index in [-0.39, 0.29) is 0 Å². The van der Waals surface area contributed by atoms with Gasteiger partial charge < -0.3 is 10.2 Å². The predicted molar refractivity (Wildman–Crippen MR) is 72.1 cm³/mol. The van der Waals surface area contributed by atoms with Crippen LogP contribution in [0.15, 0.2) is 0 Å². The van der Waals surface area contributed by atoms with Crippen molar-refractivity contribution in [1.82, 2.24) is 10.2 Å². The average molecular weight is 236 g/mol. The van der Waals surface area contributed by atoms with Gasteiger partial charge >= 0.3 is 0 Å². The largest absolute Gasteiger partial charge is 0.314 e. The van der Waals surface area contributed by atoms with Crippen LogP contribution in [-0.4, -0.2) is 37.1 Å². The van der Waals surface area contributed by atoms with Crippen molar-refractivity contribution in [3.8, 4) is 0 Å². The Morgan fingerprint density at radius 3 is 2.65 bits per heavy atom. The molecule has 2 nitrogen and oxygen atoms in total. The fourth-order valence-corrected chi connectivity index (χ4v) is 4.22. The lowest BCUT2D eigenvalue weighted by atomic mass is 9.75. The summed E-state index contributed by atoms with van der Waals surface area (Å²) < 4.78 is 0. The molecule has 0 spiro atoms. The lowest BCUT2D eigenvalue weighted by Gasteiger charge is -2.41. The molecule has 3 rings (SSSR count). The highest BCUT2D eigenvalue weighted by atomic mass is 15.1. The third-order valence-electron chi connectivity index (χ3n) is 5.33. The van der Waals surface area contributed by atoms with Gasteiger partial charge in [-0.3, -0.25) is 0 Å². The summed E-state index contributed by atoms with van der Waals surface area (Å²) in [5, 5.41) is 3.63. The Bertz CT molecular complexity index is 235. The van der Waals surface area contributed by atoms with E-state index < -0.39 is 0 Å². The van der Waals surface area contributed by atoms with E-state index in [4.69, 9.17) is 0 Å². The zero-order valence-electron chi connectivity index (χ0n) is 11.2. The molecule has 0 aromatic heterocycles. The van der Waals surface area contributed by atoms with Crippen molar-refractivity contribution in [3.63, 3.8) is 0 Å². The van der Waals surface area contributed by atoms with Gasteiger partial charge in [-0.1, -0.05) is 19.3 Å². The van der Waals surface area contributed by atoms with Gasteiger partial charge in [-0.25, -0.2) is 0 Å². The van der Waals surface area contributed by atoms with Crippen molar-refractivity contribution >= 4 is 0 Å². The van der Waals surface area contributed by atoms with E-state index in [9.17, 15) is 0 Å². The molecule has 0 bridgehead atoms. The molecule has 0 aromatic rings. The summed E-state index contributed by atoms with van der Waals surface area (Å²) in [5.41, 5.74) is 0. The van der Waals surface area contributed by atoms with Crippen LogP contribution in [0.3, 0.4) is 0 Å². The molecule has 2 heterocycles. The van der Waals surface area contributed by atoms with Gasteiger partial charge in [0, 0.05) is 12.6 Å². The zero-order valence-corrected chi connectivity index (χ0v) is 11.2. The first kappa shape index (κ1) is 12.0. The molecule has 2 saturated heterocycles. The molecule has 0 aromatic carbocycles. The summed E-state index contributed by atoms with van der Waals surface area (Å²) in [6.07, 6.45) is 11.7. The van der Waals surface area contributed by atoms with Crippen molar-refractivity contribution in [3.05, 3.63) is 0 Å². The zero-order chi connectivity index (χ0) is 11.5. The minimum absolute atomic E-state index is 0.832. The Kier molecular flexibility index (Phi) is 4.02. The van der Waals surface area contributed by atoms with Crippen LogP contribution < -0.4 is 5.32 Å². The minimum atomic E-state index is 0.832. The summed E-state index contributed by atoms with van der Waals surface area (Å²) >= 11 is 0. The summed E-state index contributed by atoms with van der Waals surface area (Å²) in [6.45, 7) is 5.40. The van der Waals surface area contributed by atoms with Gasteiger partial charge in [0.2, 0.25) is 0 Å². The first-order valence-electron chi connectivity index (χ1n) is 7.87. The number of fused-ring (bicyclic) bond motifs is 1. The maximum absolute atomic E-state index is 3.63. The predicted octanol–water partition coefficient (Wildman–Crippen LogP) is 2.64. The molecule has 0 radical (unpaired) electrons. The number of nitrogens with zero attached hydrogens (tertiary/aromatic N) is 1. The highest BCUT2D eigenvalue weighted by molar-refractivity contribution is 4.84. The molecule has 0 amide bonds. The monoisotopic (exact) mass is 236 g/mol. The van der Waals surface area contributed by atoms with Crippen LogP contribution in [0.25, 0.3) is 0 Å². The highest BCUT2D eigenvalue weighted by Gasteiger charge is 2.31. The Morgan fingerprint density at radius 1 is 0.941 bits per heavy atom. The number of hydrogen-bond acceptors (Lipinski definition) is 2. The van der Waals surface area contributed by atoms with Crippen molar-refractivity contribution in [2.75, 3.05) is 26.2 Å².